The van der Waals surface area contributed by atoms with Gasteiger partial charge in [-0.2, -0.15) is 0 Å². The van der Waals surface area contributed by atoms with Crippen molar-refractivity contribution < 1.29 is 0 Å². The molecule has 0 radical (unpaired) electrons. The molecule has 116 valence electrons. The highest BCUT2D eigenvalue weighted by atomic mass is 15.2. The molecule has 20 heavy (non-hydrogen) atoms. The lowest BCUT2D eigenvalue weighted by molar-refractivity contribution is -0.0125. The second-order valence-corrected chi connectivity index (χ2v) is 8.39. The highest BCUT2D eigenvalue weighted by molar-refractivity contribution is 4.95. The maximum absolute atomic E-state index is 2.78. The number of hydrogen-bond donors (Lipinski definition) is 0. The van der Waals surface area contributed by atoms with E-state index in [-0.39, 0.29) is 0 Å². The number of hydrogen-bond acceptors (Lipinski definition) is 2. The Morgan fingerprint density at radius 3 is 2.10 bits per heavy atom. The van der Waals surface area contributed by atoms with Crippen LogP contribution in [0, 0.1) is 17.3 Å². The molecule has 0 aromatic heterocycles. The largest absolute Gasteiger partial charge is 0.303 e. The summed E-state index contributed by atoms with van der Waals surface area (Å²) in [7, 11) is 0. The fraction of sp³-hybridized carbons (Fsp3) is 1.00. The zero-order valence-corrected chi connectivity index (χ0v) is 13.9. The van der Waals surface area contributed by atoms with E-state index < -0.39 is 0 Å². The van der Waals surface area contributed by atoms with Gasteiger partial charge in [0, 0.05) is 12.6 Å². The molecule has 1 aliphatic carbocycles. The lowest BCUT2D eigenvalue weighted by atomic mass is 9.58. The van der Waals surface area contributed by atoms with E-state index >= 15 is 0 Å². The van der Waals surface area contributed by atoms with Crippen LogP contribution in [0.25, 0.3) is 0 Å². The van der Waals surface area contributed by atoms with Gasteiger partial charge < -0.3 is 9.80 Å². The lowest BCUT2D eigenvalue weighted by Crippen LogP contribution is -2.48. The van der Waals surface area contributed by atoms with Crippen molar-refractivity contribution in [1.29, 1.82) is 0 Å². The monoisotopic (exact) mass is 278 g/mol. The standard InChI is InChI=1S/C18H34N2/c1-15(2)20-8-4-17(5-9-20)14-19-10-6-18(7-11-19)12-16(3)13-18/h15-17H,4-14H2,1-3H3. The van der Waals surface area contributed by atoms with Gasteiger partial charge in [0.05, 0.1) is 0 Å². The van der Waals surface area contributed by atoms with Gasteiger partial charge in [0.1, 0.15) is 0 Å². The maximum Gasteiger partial charge on any atom is 0.00385 e. The zero-order chi connectivity index (χ0) is 14.2. The molecule has 0 amide bonds. The maximum atomic E-state index is 2.78. The van der Waals surface area contributed by atoms with Crippen molar-refractivity contribution in [2.24, 2.45) is 17.3 Å². The van der Waals surface area contributed by atoms with E-state index in [1.807, 2.05) is 0 Å². The van der Waals surface area contributed by atoms with E-state index in [0.717, 1.165) is 23.3 Å². The van der Waals surface area contributed by atoms with Crippen LogP contribution in [0.5, 0.6) is 0 Å². The molecule has 2 nitrogen and oxygen atoms in total. The summed E-state index contributed by atoms with van der Waals surface area (Å²) in [5.74, 6) is 1.99. The molecule has 3 rings (SSSR count). The van der Waals surface area contributed by atoms with Gasteiger partial charge in [0.15, 0.2) is 0 Å². The van der Waals surface area contributed by atoms with Gasteiger partial charge in [0.2, 0.25) is 0 Å². The van der Waals surface area contributed by atoms with Crippen LogP contribution in [-0.2, 0) is 0 Å². The highest BCUT2D eigenvalue weighted by Crippen LogP contribution is 2.52. The first-order valence-electron chi connectivity index (χ1n) is 9.03. The summed E-state index contributed by atoms with van der Waals surface area (Å²) < 4.78 is 0. The predicted octanol–water partition coefficient (Wildman–Crippen LogP) is 3.62. The molecule has 3 fully saturated rings. The fourth-order valence-electron chi connectivity index (χ4n) is 5.05. The summed E-state index contributed by atoms with van der Waals surface area (Å²) in [6.45, 7) is 13.9. The average Bonchev–Trinajstić information content (AvgIpc) is 2.40. The summed E-state index contributed by atoms with van der Waals surface area (Å²) in [6.07, 6.45) is 8.87. The molecular formula is C18H34N2. The molecule has 2 aliphatic heterocycles. The van der Waals surface area contributed by atoms with Gasteiger partial charge in [-0.25, -0.2) is 0 Å². The third-order valence-electron chi connectivity index (χ3n) is 6.38. The quantitative estimate of drug-likeness (QED) is 0.778. The lowest BCUT2D eigenvalue weighted by Gasteiger charge is -2.52. The van der Waals surface area contributed by atoms with Crippen molar-refractivity contribution in [3.63, 3.8) is 0 Å². The first-order chi connectivity index (χ1) is 9.56. The molecule has 2 saturated heterocycles. The molecule has 0 bridgehead atoms. The molecular weight excluding hydrogens is 244 g/mol. The van der Waals surface area contributed by atoms with Gasteiger partial charge in [-0.3, -0.25) is 0 Å². The van der Waals surface area contributed by atoms with Crippen LogP contribution >= 0.6 is 0 Å². The zero-order valence-electron chi connectivity index (χ0n) is 13.9. The molecule has 1 spiro atoms. The minimum Gasteiger partial charge on any atom is -0.303 e. The molecule has 0 aromatic carbocycles. The summed E-state index contributed by atoms with van der Waals surface area (Å²) in [4.78, 5) is 5.43. The average molecular weight is 278 g/mol. The van der Waals surface area contributed by atoms with Gasteiger partial charge in [-0.05, 0) is 95.8 Å². The molecule has 0 atom stereocenters. The number of nitrogens with zero attached hydrogens (tertiary/aromatic N) is 2. The molecule has 0 aromatic rings. The molecule has 2 heteroatoms. The minimum atomic E-state index is 0.742. The minimum absolute atomic E-state index is 0.742. The van der Waals surface area contributed by atoms with E-state index in [0.29, 0.717) is 0 Å². The molecule has 0 unspecified atom stereocenters. The number of piperidine rings is 2. The second kappa shape index (κ2) is 5.96. The Labute approximate surface area is 125 Å². The van der Waals surface area contributed by atoms with Crippen molar-refractivity contribution in [1.82, 2.24) is 9.80 Å². The summed E-state index contributed by atoms with van der Waals surface area (Å²) in [5, 5.41) is 0. The predicted molar refractivity (Wildman–Crippen MR) is 85.9 cm³/mol. The number of rotatable bonds is 3. The van der Waals surface area contributed by atoms with Crippen molar-refractivity contribution in [3.05, 3.63) is 0 Å². The van der Waals surface area contributed by atoms with Gasteiger partial charge in [-0.1, -0.05) is 6.92 Å². The van der Waals surface area contributed by atoms with E-state index in [2.05, 4.69) is 30.6 Å². The van der Waals surface area contributed by atoms with Gasteiger partial charge >= 0.3 is 0 Å². The Morgan fingerprint density at radius 1 is 1.00 bits per heavy atom. The molecule has 2 heterocycles. The first kappa shape index (κ1) is 14.8. The fourth-order valence-corrected chi connectivity index (χ4v) is 5.05. The van der Waals surface area contributed by atoms with E-state index in [1.165, 1.54) is 71.2 Å². The normalized spacial score (nSPS) is 30.0. The Bertz CT molecular complexity index is 301. The Kier molecular flexibility index (Phi) is 4.42. The van der Waals surface area contributed by atoms with Gasteiger partial charge in [-0.15, -0.1) is 0 Å². The van der Waals surface area contributed by atoms with E-state index in [9.17, 15) is 0 Å². The molecule has 1 saturated carbocycles. The van der Waals surface area contributed by atoms with E-state index in [4.69, 9.17) is 0 Å². The van der Waals surface area contributed by atoms with Crippen LogP contribution in [0.4, 0.5) is 0 Å². The van der Waals surface area contributed by atoms with Crippen LogP contribution in [0.15, 0.2) is 0 Å². The Morgan fingerprint density at radius 2 is 1.60 bits per heavy atom. The Balaban J connectivity index is 1.38. The summed E-state index contributed by atoms with van der Waals surface area (Å²) in [6, 6.07) is 0.742. The Hall–Kier alpha value is -0.0800. The summed E-state index contributed by atoms with van der Waals surface area (Å²) >= 11 is 0. The number of likely N-dealkylation sites (tertiary alicyclic amines) is 2. The first-order valence-corrected chi connectivity index (χ1v) is 9.03. The van der Waals surface area contributed by atoms with Crippen LogP contribution in [-0.4, -0.2) is 48.6 Å². The van der Waals surface area contributed by atoms with Crippen LogP contribution in [0.2, 0.25) is 0 Å². The van der Waals surface area contributed by atoms with Crippen molar-refractivity contribution in [2.45, 2.75) is 65.3 Å². The van der Waals surface area contributed by atoms with Crippen LogP contribution in [0.3, 0.4) is 0 Å². The van der Waals surface area contributed by atoms with Crippen molar-refractivity contribution in [3.8, 4) is 0 Å². The van der Waals surface area contributed by atoms with Crippen molar-refractivity contribution >= 4 is 0 Å². The summed E-state index contributed by atoms with van der Waals surface area (Å²) in [5.41, 5.74) is 0.789. The third kappa shape index (κ3) is 3.22. The highest BCUT2D eigenvalue weighted by Gasteiger charge is 2.43. The second-order valence-electron chi connectivity index (χ2n) is 8.39. The van der Waals surface area contributed by atoms with Crippen molar-refractivity contribution in [2.75, 3.05) is 32.7 Å². The van der Waals surface area contributed by atoms with E-state index in [1.54, 1.807) is 0 Å². The van der Waals surface area contributed by atoms with Gasteiger partial charge in [0.25, 0.3) is 0 Å². The third-order valence-corrected chi connectivity index (χ3v) is 6.38. The van der Waals surface area contributed by atoms with Crippen LogP contribution in [0.1, 0.15) is 59.3 Å². The smallest absolute Gasteiger partial charge is 0.00385 e. The molecule has 0 N–H and O–H groups in total. The SMILES string of the molecule is CC1CC2(CCN(CC3CCN(C(C)C)CC3)CC2)C1. The van der Waals surface area contributed by atoms with Crippen LogP contribution < -0.4 is 0 Å². The molecule has 3 aliphatic rings. The topological polar surface area (TPSA) is 6.48 Å².